The lowest BCUT2D eigenvalue weighted by Crippen LogP contribution is -2.32. The summed E-state index contributed by atoms with van der Waals surface area (Å²) in [4.78, 5) is 0. The molecular weight excluding hydrogens is 218 g/mol. The molecule has 0 bridgehead atoms. The minimum absolute atomic E-state index is 0.680. The molecule has 98 valence electrons. The second-order valence-corrected chi connectivity index (χ2v) is 6.19. The normalized spacial score (nSPS) is 22.3. The van der Waals surface area contributed by atoms with Gasteiger partial charge in [0.2, 0.25) is 0 Å². The van der Waals surface area contributed by atoms with Crippen molar-refractivity contribution >= 4 is 0 Å². The molecule has 0 radical (unpaired) electrons. The Bertz CT molecular complexity index is 388. The van der Waals surface area contributed by atoms with E-state index in [0.717, 1.165) is 18.4 Å². The summed E-state index contributed by atoms with van der Waals surface area (Å²) in [5.74, 6) is 1.78. The molecule has 2 aliphatic rings. The molecule has 0 heterocycles. The van der Waals surface area contributed by atoms with Crippen molar-refractivity contribution in [1.82, 2.24) is 5.32 Å². The summed E-state index contributed by atoms with van der Waals surface area (Å²) in [6.45, 7) is 3.43. The molecule has 1 N–H and O–H groups in total. The Kier molecular flexibility index (Phi) is 3.69. The summed E-state index contributed by atoms with van der Waals surface area (Å²) in [7, 11) is 0. The molecule has 0 spiro atoms. The number of hydrogen-bond acceptors (Lipinski definition) is 1. The summed E-state index contributed by atoms with van der Waals surface area (Å²) in [5.41, 5.74) is 3.13. The summed E-state index contributed by atoms with van der Waals surface area (Å²) in [6, 6.07) is 9.69. The molecule has 0 aliphatic heterocycles. The number of benzene rings is 1. The van der Waals surface area contributed by atoms with Crippen LogP contribution in [0.15, 0.2) is 24.3 Å². The first kappa shape index (κ1) is 12.2. The van der Waals surface area contributed by atoms with E-state index >= 15 is 0 Å². The smallest absolute Gasteiger partial charge is 0.0210 e. The van der Waals surface area contributed by atoms with Crippen LogP contribution in [0.1, 0.15) is 62.5 Å². The lowest BCUT2D eigenvalue weighted by Gasteiger charge is -2.21. The van der Waals surface area contributed by atoms with Crippen LogP contribution in [0.2, 0.25) is 0 Å². The second-order valence-electron chi connectivity index (χ2n) is 6.19. The average Bonchev–Trinajstić information content (AvgIpc) is 3.10. The van der Waals surface area contributed by atoms with Gasteiger partial charge in [-0.05, 0) is 55.6 Å². The highest BCUT2D eigenvalue weighted by molar-refractivity contribution is 5.33. The lowest BCUT2D eigenvalue weighted by atomic mass is 9.98. The van der Waals surface area contributed by atoms with Crippen molar-refractivity contribution in [3.05, 3.63) is 35.4 Å². The SMILES string of the molecule is C[C@H](NCc1ccccc1C1CC1)C1CCCC1. The Morgan fingerprint density at radius 3 is 2.56 bits per heavy atom. The quantitative estimate of drug-likeness (QED) is 0.816. The summed E-state index contributed by atoms with van der Waals surface area (Å²) < 4.78 is 0. The maximum absolute atomic E-state index is 3.76. The fourth-order valence-electron chi connectivity index (χ4n) is 3.38. The Balaban J connectivity index is 1.58. The lowest BCUT2D eigenvalue weighted by molar-refractivity contribution is 0.380. The molecule has 3 rings (SSSR count). The van der Waals surface area contributed by atoms with Crippen LogP contribution in [0.5, 0.6) is 0 Å². The zero-order valence-electron chi connectivity index (χ0n) is 11.5. The van der Waals surface area contributed by atoms with Crippen molar-refractivity contribution in [2.24, 2.45) is 5.92 Å². The van der Waals surface area contributed by atoms with Crippen LogP contribution < -0.4 is 5.32 Å². The van der Waals surface area contributed by atoms with Crippen LogP contribution in [-0.4, -0.2) is 6.04 Å². The minimum atomic E-state index is 0.680. The first-order valence-corrected chi connectivity index (χ1v) is 7.66. The van der Waals surface area contributed by atoms with Gasteiger partial charge in [-0.15, -0.1) is 0 Å². The van der Waals surface area contributed by atoms with Crippen molar-refractivity contribution in [3.8, 4) is 0 Å². The molecule has 18 heavy (non-hydrogen) atoms. The van der Waals surface area contributed by atoms with Gasteiger partial charge in [0.05, 0.1) is 0 Å². The van der Waals surface area contributed by atoms with E-state index in [2.05, 4.69) is 36.5 Å². The van der Waals surface area contributed by atoms with Gasteiger partial charge in [0.1, 0.15) is 0 Å². The van der Waals surface area contributed by atoms with E-state index in [1.54, 1.807) is 5.56 Å². The maximum atomic E-state index is 3.76. The summed E-state index contributed by atoms with van der Waals surface area (Å²) in [6.07, 6.45) is 8.53. The van der Waals surface area contributed by atoms with E-state index in [-0.39, 0.29) is 0 Å². The van der Waals surface area contributed by atoms with Crippen molar-refractivity contribution < 1.29 is 0 Å². The molecular formula is C17H25N. The van der Waals surface area contributed by atoms with E-state index in [1.165, 1.54) is 44.1 Å². The molecule has 0 unspecified atom stereocenters. The fraction of sp³-hybridized carbons (Fsp3) is 0.647. The molecule has 2 saturated carbocycles. The van der Waals surface area contributed by atoms with E-state index in [9.17, 15) is 0 Å². The Morgan fingerprint density at radius 1 is 1.11 bits per heavy atom. The van der Waals surface area contributed by atoms with E-state index in [0.29, 0.717) is 6.04 Å². The van der Waals surface area contributed by atoms with Crippen molar-refractivity contribution in [3.63, 3.8) is 0 Å². The molecule has 0 saturated heterocycles. The van der Waals surface area contributed by atoms with Crippen LogP contribution >= 0.6 is 0 Å². The highest BCUT2D eigenvalue weighted by Crippen LogP contribution is 2.41. The molecule has 0 aromatic heterocycles. The van der Waals surface area contributed by atoms with Crippen molar-refractivity contribution in [2.45, 2.75) is 64.0 Å². The van der Waals surface area contributed by atoms with Crippen molar-refractivity contribution in [2.75, 3.05) is 0 Å². The molecule has 2 aliphatic carbocycles. The third kappa shape index (κ3) is 2.77. The average molecular weight is 243 g/mol. The molecule has 1 aromatic rings. The monoisotopic (exact) mass is 243 g/mol. The zero-order valence-corrected chi connectivity index (χ0v) is 11.5. The van der Waals surface area contributed by atoms with Crippen LogP contribution in [0.25, 0.3) is 0 Å². The second kappa shape index (κ2) is 5.44. The molecule has 2 fully saturated rings. The molecule has 1 atom stereocenters. The van der Waals surface area contributed by atoms with Crippen LogP contribution in [0.4, 0.5) is 0 Å². The van der Waals surface area contributed by atoms with Gasteiger partial charge in [-0.3, -0.25) is 0 Å². The van der Waals surface area contributed by atoms with Crippen LogP contribution in [0.3, 0.4) is 0 Å². The minimum Gasteiger partial charge on any atom is -0.310 e. The predicted octanol–water partition coefficient (Wildman–Crippen LogP) is 4.23. The number of nitrogens with one attached hydrogen (secondary N) is 1. The van der Waals surface area contributed by atoms with Crippen LogP contribution in [0, 0.1) is 5.92 Å². The third-order valence-electron chi connectivity index (χ3n) is 4.79. The highest BCUT2D eigenvalue weighted by Gasteiger charge is 2.26. The number of hydrogen-bond donors (Lipinski definition) is 1. The summed E-state index contributed by atoms with van der Waals surface area (Å²) in [5, 5.41) is 3.76. The van der Waals surface area contributed by atoms with Crippen LogP contribution in [-0.2, 0) is 6.54 Å². The first-order valence-electron chi connectivity index (χ1n) is 7.66. The maximum Gasteiger partial charge on any atom is 0.0210 e. The van der Waals surface area contributed by atoms with Gasteiger partial charge in [-0.25, -0.2) is 0 Å². The zero-order chi connectivity index (χ0) is 12.4. The Morgan fingerprint density at radius 2 is 1.83 bits per heavy atom. The predicted molar refractivity (Wildman–Crippen MR) is 76.7 cm³/mol. The van der Waals surface area contributed by atoms with Gasteiger partial charge in [-0.1, -0.05) is 37.1 Å². The highest BCUT2D eigenvalue weighted by atomic mass is 14.9. The molecule has 1 nitrogen and oxygen atoms in total. The van der Waals surface area contributed by atoms with Gasteiger partial charge >= 0.3 is 0 Å². The largest absolute Gasteiger partial charge is 0.310 e. The van der Waals surface area contributed by atoms with E-state index < -0.39 is 0 Å². The van der Waals surface area contributed by atoms with Gasteiger partial charge in [0.15, 0.2) is 0 Å². The van der Waals surface area contributed by atoms with Gasteiger partial charge in [-0.2, -0.15) is 0 Å². The topological polar surface area (TPSA) is 12.0 Å². The molecule has 1 aromatic carbocycles. The van der Waals surface area contributed by atoms with Gasteiger partial charge in [0.25, 0.3) is 0 Å². The first-order chi connectivity index (χ1) is 8.84. The standard InChI is InChI=1S/C17H25N/c1-13(14-6-2-3-7-14)18-12-16-8-4-5-9-17(16)15-10-11-15/h4-5,8-9,13-15,18H,2-3,6-7,10-12H2,1H3/t13-/m0/s1. The fourth-order valence-corrected chi connectivity index (χ4v) is 3.38. The van der Waals surface area contributed by atoms with E-state index in [1.807, 2.05) is 0 Å². The molecule has 1 heteroatoms. The molecule has 0 amide bonds. The van der Waals surface area contributed by atoms with E-state index in [4.69, 9.17) is 0 Å². The van der Waals surface area contributed by atoms with Gasteiger partial charge < -0.3 is 5.32 Å². The Labute approximate surface area is 111 Å². The number of rotatable bonds is 5. The third-order valence-corrected chi connectivity index (χ3v) is 4.79. The van der Waals surface area contributed by atoms with Crippen molar-refractivity contribution in [1.29, 1.82) is 0 Å². The summed E-state index contributed by atoms with van der Waals surface area (Å²) >= 11 is 0. The van der Waals surface area contributed by atoms with Gasteiger partial charge in [0, 0.05) is 12.6 Å². The Hall–Kier alpha value is -0.820.